The number of nitrogens with zero attached hydrogens (tertiary/aromatic N) is 1. The lowest BCUT2D eigenvalue weighted by Crippen LogP contribution is -2.35. The van der Waals surface area contributed by atoms with E-state index in [1.54, 1.807) is 0 Å². The van der Waals surface area contributed by atoms with Crippen LogP contribution in [0.4, 0.5) is 4.39 Å². The second-order valence-corrected chi connectivity index (χ2v) is 6.26. The molecule has 2 rings (SSSR count). The SMILES string of the molecule is CC(C)(C)NCc1cc(F)cnc1OCC1CCOC1. The van der Waals surface area contributed by atoms with E-state index in [2.05, 4.69) is 31.1 Å². The van der Waals surface area contributed by atoms with Gasteiger partial charge < -0.3 is 14.8 Å². The predicted octanol–water partition coefficient (Wildman–Crippen LogP) is 2.52. The molecule has 1 unspecified atom stereocenters. The minimum absolute atomic E-state index is 0.0388. The number of hydrogen-bond donors (Lipinski definition) is 1. The maximum atomic E-state index is 13.3. The molecule has 0 aliphatic carbocycles. The first kappa shape index (κ1) is 15.2. The molecule has 0 radical (unpaired) electrons. The molecule has 4 nitrogen and oxygen atoms in total. The average Bonchev–Trinajstić information content (AvgIpc) is 2.87. The minimum atomic E-state index is -0.341. The Labute approximate surface area is 119 Å². The Balaban J connectivity index is 1.99. The molecule has 1 fully saturated rings. The van der Waals surface area contributed by atoms with Gasteiger partial charge in [-0.05, 0) is 33.3 Å². The van der Waals surface area contributed by atoms with Crippen molar-refractivity contribution in [1.29, 1.82) is 0 Å². The van der Waals surface area contributed by atoms with Gasteiger partial charge in [0.05, 0.1) is 19.4 Å². The summed E-state index contributed by atoms with van der Waals surface area (Å²) in [5, 5.41) is 3.32. The van der Waals surface area contributed by atoms with Gasteiger partial charge >= 0.3 is 0 Å². The van der Waals surface area contributed by atoms with Crippen molar-refractivity contribution in [1.82, 2.24) is 10.3 Å². The molecule has 5 heteroatoms. The minimum Gasteiger partial charge on any atom is -0.477 e. The lowest BCUT2D eigenvalue weighted by atomic mass is 10.1. The van der Waals surface area contributed by atoms with Gasteiger partial charge in [-0.1, -0.05) is 0 Å². The van der Waals surface area contributed by atoms with Gasteiger partial charge in [0.15, 0.2) is 0 Å². The molecule has 112 valence electrons. The van der Waals surface area contributed by atoms with E-state index in [1.807, 2.05) is 0 Å². The summed E-state index contributed by atoms with van der Waals surface area (Å²) in [6.45, 7) is 8.83. The molecule has 1 aliphatic heterocycles. The van der Waals surface area contributed by atoms with Crippen LogP contribution in [0.15, 0.2) is 12.3 Å². The Morgan fingerprint density at radius 3 is 2.95 bits per heavy atom. The highest BCUT2D eigenvalue weighted by Crippen LogP contribution is 2.20. The highest BCUT2D eigenvalue weighted by molar-refractivity contribution is 5.26. The third-order valence-corrected chi connectivity index (χ3v) is 3.18. The van der Waals surface area contributed by atoms with Crippen molar-refractivity contribution in [3.8, 4) is 5.88 Å². The van der Waals surface area contributed by atoms with Crippen molar-refractivity contribution in [2.75, 3.05) is 19.8 Å². The summed E-state index contributed by atoms with van der Waals surface area (Å²) in [6, 6.07) is 1.48. The van der Waals surface area contributed by atoms with Crippen LogP contribution < -0.4 is 10.1 Å². The second-order valence-electron chi connectivity index (χ2n) is 6.26. The van der Waals surface area contributed by atoms with Crippen molar-refractivity contribution in [3.05, 3.63) is 23.6 Å². The lowest BCUT2D eigenvalue weighted by Gasteiger charge is -2.21. The molecular formula is C15H23FN2O2. The number of nitrogens with one attached hydrogen (secondary N) is 1. The van der Waals surface area contributed by atoms with E-state index in [4.69, 9.17) is 9.47 Å². The van der Waals surface area contributed by atoms with Gasteiger partial charge in [-0.15, -0.1) is 0 Å². The quantitative estimate of drug-likeness (QED) is 0.901. The number of hydrogen-bond acceptors (Lipinski definition) is 4. The van der Waals surface area contributed by atoms with Crippen LogP contribution >= 0.6 is 0 Å². The molecule has 1 aromatic heterocycles. The summed E-state index contributed by atoms with van der Waals surface area (Å²) >= 11 is 0. The molecule has 1 N–H and O–H groups in total. The number of halogens is 1. The first-order valence-electron chi connectivity index (χ1n) is 7.04. The van der Waals surface area contributed by atoms with Crippen molar-refractivity contribution < 1.29 is 13.9 Å². The predicted molar refractivity (Wildman–Crippen MR) is 75.2 cm³/mol. The Bertz CT molecular complexity index is 440. The van der Waals surface area contributed by atoms with Crippen molar-refractivity contribution in [2.24, 2.45) is 5.92 Å². The van der Waals surface area contributed by atoms with Gasteiger partial charge in [0.25, 0.3) is 0 Å². The van der Waals surface area contributed by atoms with E-state index >= 15 is 0 Å². The zero-order valence-corrected chi connectivity index (χ0v) is 12.4. The normalized spacial score (nSPS) is 19.3. The number of pyridine rings is 1. The first-order valence-corrected chi connectivity index (χ1v) is 7.04. The molecule has 1 atom stereocenters. The zero-order valence-electron chi connectivity index (χ0n) is 12.4. The van der Waals surface area contributed by atoms with Crippen molar-refractivity contribution in [2.45, 2.75) is 39.3 Å². The monoisotopic (exact) mass is 282 g/mol. The van der Waals surface area contributed by atoms with Crippen LogP contribution in [0.25, 0.3) is 0 Å². The number of ether oxygens (including phenoxy) is 2. The average molecular weight is 282 g/mol. The topological polar surface area (TPSA) is 43.4 Å². The van der Waals surface area contributed by atoms with Gasteiger partial charge in [0.2, 0.25) is 5.88 Å². The molecule has 20 heavy (non-hydrogen) atoms. The molecule has 0 aromatic carbocycles. The third kappa shape index (κ3) is 4.72. The van der Waals surface area contributed by atoms with E-state index in [-0.39, 0.29) is 11.4 Å². The smallest absolute Gasteiger partial charge is 0.218 e. The Morgan fingerprint density at radius 2 is 2.30 bits per heavy atom. The molecule has 1 aliphatic rings. The van der Waals surface area contributed by atoms with E-state index in [0.29, 0.717) is 24.9 Å². The Morgan fingerprint density at radius 1 is 1.50 bits per heavy atom. The van der Waals surface area contributed by atoms with Crippen LogP contribution in [0.5, 0.6) is 5.88 Å². The van der Waals surface area contributed by atoms with Crippen LogP contribution in [0, 0.1) is 11.7 Å². The fraction of sp³-hybridized carbons (Fsp3) is 0.667. The fourth-order valence-corrected chi connectivity index (χ4v) is 2.00. The van der Waals surface area contributed by atoms with Crippen LogP contribution in [0.3, 0.4) is 0 Å². The lowest BCUT2D eigenvalue weighted by molar-refractivity contribution is 0.165. The van der Waals surface area contributed by atoms with Crippen LogP contribution in [0.2, 0.25) is 0 Å². The fourth-order valence-electron chi connectivity index (χ4n) is 2.00. The number of rotatable bonds is 5. The summed E-state index contributed by atoms with van der Waals surface area (Å²) in [4.78, 5) is 4.06. The van der Waals surface area contributed by atoms with E-state index < -0.39 is 0 Å². The Kier molecular flexibility index (Phi) is 4.94. The van der Waals surface area contributed by atoms with Crippen molar-refractivity contribution in [3.63, 3.8) is 0 Å². The van der Waals surface area contributed by atoms with Crippen LogP contribution in [0.1, 0.15) is 32.8 Å². The molecular weight excluding hydrogens is 259 g/mol. The first-order chi connectivity index (χ1) is 9.44. The largest absolute Gasteiger partial charge is 0.477 e. The summed E-state index contributed by atoms with van der Waals surface area (Å²) in [6.07, 6.45) is 2.21. The molecule has 1 aromatic rings. The second kappa shape index (κ2) is 6.50. The summed E-state index contributed by atoms with van der Waals surface area (Å²) < 4.78 is 24.4. The van der Waals surface area contributed by atoms with Crippen LogP contribution in [-0.4, -0.2) is 30.3 Å². The number of aromatic nitrogens is 1. The molecule has 0 bridgehead atoms. The molecule has 0 amide bonds. The highest BCUT2D eigenvalue weighted by Gasteiger charge is 2.18. The van der Waals surface area contributed by atoms with E-state index in [9.17, 15) is 4.39 Å². The zero-order chi connectivity index (χ0) is 14.6. The Hall–Kier alpha value is -1.20. The maximum absolute atomic E-state index is 13.3. The van der Waals surface area contributed by atoms with E-state index in [0.717, 1.165) is 25.2 Å². The van der Waals surface area contributed by atoms with Gasteiger partial charge in [-0.2, -0.15) is 0 Å². The van der Waals surface area contributed by atoms with Gasteiger partial charge in [-0.3, -0.25) is 0 Å². The van der Waals surface area contributed by atoms with E-state index in [1.165, 1.54) is 12.3 Å². The molecule has 0 spiro atoms. The van der Waals surface area contributed by atoms with Crippen molar-refractivity contribution >= 4 is 0 Å². The highest BCUT2D eigenvalue weighted by atomic mass is 19.1. The summed E-state index contributed by atoms with van der Waals surface area (Å²) in [5.41, 5.74) is 0.710. The molecule has 2 heterocycles. The maximum Gasteiger partial charge on any atom is 0.218 e. The summed E-state index contributed by atoms with van der Waals surface area (Å²) in [7, 11) is 0. The standard InChI is InChI=1S/C15H23FN2O2/c1-15(2,3)18-7-12-6-13(16)8-17-14(12)20-10-11-4-5-19-9-11/h6,8,11,18H,4-5,7,9-10H2,1-3H3. The van der Waals surface area contributed by atoms with Gasteiger partial charge in [-0.25, -0.2) is 9.37 Å². The van der Waals surface area contributed by atoms with Crippen LogP contribution in [-0.2, 0) is 11.3 Å². The molecule has 1 saturated heterocycles. The molecule has 0 saturated carbocycles. The van der Waals surface area contributed by atoms with Gasteiger partial charge in [0.1, 0.15) is 5.82 Å². The van der Waals surface area contributed by atoms with Gasteiger partial charge in [0, 0.05) is 30.2 Å². The third-order valence-electron chi connectivity index (χ3n) is 3.18. The summed E-state index contributed by atoms with van der Waals surface area (Å²) in [5.74, 6) is 0.576.